The first-order chi connectivity index (χ1) is 10.4. The van der Waals surface area contributed by atoms with Crippen molar-refractivity contribution in [3.8, 4) is 0 Å². The molecular formula is C17H26N2O3. The van der Waals surface area contributed by atoms with Crippen molar-refractivity contribution in [2.75, 3.05) is 13.2 Å². The first-order valence-electron chi connectivity index (χ1n) is 8.32. The van der Waals surface area contributed by atoms with Crippen molar-refractivity contribution >= 4 is 5.91 Å². The highest BCUT2D eigenvalue weighted by Gasteiger charge is 2.34. The summed E-state index contributed by atoms with van der Waals surface area (Å²) in [5, 5.41) is 6.98. The standard InChI is InChI=1S/C17H26N2O3/c1-17(2,3)11-6-7-14-13(9-11)15(19-22-14)16(20)18-10-12-5-4-8-21-12/h11-12H,4-10H2,1-3H3,(H,18,20). The van der Waals surface area contributed by atoms with Crippen LogP contribution < -0.4 is 5.32 Å². The van der Waals surface area contributed by atoms with Crippen molar-refractivity contribution in [3.63, 3.8) is 0 Å². The van der Waals surface area contributed by atoms with E-state index in [1.165, 1.54) is 0 Å². The maximum absolute atomic E-state index is 12.4. The topological polar surface area (TPSA) is 64.4 Å². The number of aryl methyl sites for hydroxylation is 1. The van der Waals surface area contributed by atoms with Gasteiger partial charge in [-0.15, -0.1) is 0 Å². The summed E-state index contributed by atoms with van der Waals surface area (Å²) < 4.78 is 10.9. The molecule has 2 atom stereocenters. The lowest BCUT2D eigenvalue weighted by molar-refractivity contribution is 0.0849. The molecule has 122 valence electrons. The Morgan fingerprint density at radius 2 is 2.18 bits per heavy atom. The Morgan fingerprint density at radius 1 is 1.36 bits per heavy atom. The van der Waals surface area contributed by atoms with Crippen LogP contribution >= 0.6 is 0 Å². The lowest BCUT2D eigenvalue weighted by Gasteiger charge is -2.33. The molecule has 0 spiro atoms. The molecule has 0 aromatic carbocycles. The summed E-state index contributed by atoms with van der Waals surface area (Å²) in [6, 6.07) is 0. The minimum Gasteiger partial charge on any atom is -0.376 e. The second kappa shape index (κ2) is 6.03. The lowest BCUT2D eigenvalue weighted by atomic mass is 9.71. The Labute approximate surface area is 131 Å². The van der Waals surface area contributed by atoms with Crippen molar-refractivity contribution in [3.05, 3.63) is 17.0 Å². The number of rotatable bonds is 3. The number of fused-ring (bicyclic) bond motifs is 1. The minimum atomic E-state index is -0.130. The van der Waals surface area contributed by atoms with Gasteiger partial charge in [0.25, 0.3) is 5.91 Å². The van der Waals surface area contributed by atoms with E-state index < -0.39 is 0 Å². The van der Waals surface area contributed by atoms with Crippen LogP contribution in [-0.4, -0.2) is 30.3 Å². The van der Waals surface area contributed by atoms with Gasteiger partial charge >= 0.3 is 0 Å². The molecule has 3 rings (SSSR count). The summed E-state index contributed by atoms with van der Waals surface area (Å²) in [6.07, 6.45) is 5.10. The number of hydrogen-bond donors (Lipinski definition) is 1. The zero-order valence-corrected chi connectivity index (χ0v) is 13.8. The Kier molecular flexibility index (Phi) is 4.26. The van der Waals surface area contributed by atoms with Crippen molar-refractivity contribution in [1.82, 2.24) is 10.5 Å². The number of aromatic nitrogens is 1. The molecule has 1 aliphatic carbocycles. The number of nitrogens with zero attached hydrogens (tertiary/aromatic N) is 1. The average molecular weight is 306 g/mol. The van der Waals surface area contributed by atoms with Crippen molar-refractivity contribution in [2.24, 2.45) is 11.3 Å². The van der Waals surface area contributed by atoms with Crippen LogP contribution in [0.5, 0.6) is 0 Å². The highest BCUT2D eigenvalue weighted by molar-refractivity contribution is 5.93. The Hall–Kier alpha value is -1.36. The van der Waals surface area contributed by atoms with Crippen molar-refractivity contribution in [2.45, 2.75) is 59.0 Å². The number of carbonyl (C=O) groups excluding carboxylic acids is 1. The lowest BCUT2D eigenvalue weighted by Crippen LogP contribution is -2.33. The maximum Gasteiger partial charge on any atom is 0.273 e. The van der Waals surface area contributed by atoms with E-state index in [-0.39, 0.29) is 17.4 Å². The van der Waals surface area contributed by atoms with Gasteiger partial charge in [-0.2, -0.15) is 0 Å². The van der Waals surface area contributed by atoms with Gasteiger partial charge in [0.05, 0.1) is 6.10 Å². The van der Waals surface area contributed by atoms with E-state index in [0.29, 0.717) is 18.2 Å². The van der Waals surface area contributed by atoms with Gasteiger partial charge in [0.2, 0.25) is 0 Å². The molecule has 2 unspecified atom stereocenters. The molecule has 1 N–H and O–H groups in total. The monoisotopic (exact) mass is 306 g/mol. The largest absolute Gasteiger partial charge is 0.376 e. The van der Waals surface area contributed by atoms with E-state index in [0.717, 1.165) is 50.0 Å². The summed E-state index contributed by atoms with van der Waals surface area (Å²) >= 11 is 0. The Balaban J connectivity index is 1.67. The van der Waals surface area contributed by atoms with Gasteiger partial charge < -0.3 is 14.6 Å². The molecule has 1 aromatic rings. The van der Waals surface area contributed by atoms with Crippen LogP contribution in [0, 0.1) is 11.3 Å². The van der Waals surface area contributed by atoms with Crippen LogP contribution in [0.3, 0.4) is 0 Å². The molecular weight excluding hydrogens is 280 g/mol. The zero-order chi connectivity index (χ0) is 15.7. The van der Waals surface area contributed by atoms with Crippen LogP contribution in [0.15, 0.2) is 4.52 Å². The number of nitrogens with one attached hydrogen (secondary N) is 1. The third-order valence-electron chi connectivity index (χ3n) is 4.99. The molecule has 0 bridgehead atoms. The summed E-state index contributed by atoms with van der Waals surface area (Å²) in [6.45, 7) is 8.13. The van der Waals surface area contributed by atoms with E-state index in [1.54, 1.807) is 0 Å². The fraction of sp³-hybridized carbons (Fsp3) is 0.765. The summed E-state index contributed by atoms with van der Waals surface area (Å²) in [5.74, 6) is 1.32. The quantitative estimate of drug-likeness (QED) is 0.932. The second-order valence-corrected chi connectivity index (χ2v) is 7.58. The number of amides is 1. The fourth-order valence-corrected chi connectivity index (χ4v) is 3.42. The molecule has 0 radical (unpaired) electrons. The number of ether oxygens (including phenoxy) is 1. The normalized spacial score (nSPS) is 25.0. The molecule has 5 nitrogen and oxygen atoms in total. The molecule has 2 heterocycles. The van der Waals surface area contributed by atoms with Crippen LogP contribution in [0.1, 0.15) is 61.8 Å². The highest BCUT2D eigenvalue weighted by atomic mass is 16.5. The van der Waals surface area contributed by atoms with Gasteiger partial charge in [-0.3, -0.25) is 4.79 Å². The molecule has 1 saturated heterocycles. The van der Waals surface area contributed by atoms with E-state index in [2.05, 4.69) is 31.2 Å². The van der Waals surface area contributed by atoms with Gasteiger partial charge in [0.1, 0.15) is 5.76 Å². The first kappa shape index (κ1) is 15.5. The predicted octanol–water partition coefficient (Wildman–Crippen LogP) is 2.73. The molecule has 1 fully saturated rings. The predicted molar refractivity (Wildman–Crippen MR) is 82.8 cm³/mol. The highest BCUT2D eigenvalue weighted by Crippen LogP contribution is 2.38. The fourth-order valence-electron chi connectivity index (χ4n) is 3.42. The summed E-state index contributed by atoms with van der Waals surface area (Å²) in [4.78, 5) is 12.4. The van der Waals surface area contributed by atoms with E-state index >= 15 is 0 Å². The van der Waals surface area contributed by atoms with E-state index in [9.17, 15) is 4.79 Å². The molecule has 1 aliphatic heterocycles. The molecule has 2 aliphatic rings. The Bertz CT molecular complexity index is 539. The van der Waals surface area contributed by atoms with Gasteiger partial charge in [-0.05, 0) is 37.0 Å². The smallest absolute Gasteiger partial charge is 0.273 e. The van der Waals surface area contributed by atoms with Crippen molar-refractivity contribution in [1.29, 1.82) is 0 Å². The first-order valence-corrected chi connectivity index (χ1v) is 8.32. The molecule has 1 aromatic heterocycles. The van der Waals surface area contributed by atoms with Crippen molar-refractivity contribution < 1.29 is 14.1 Å². The second-order valence-electron chi connectivity index (χ2n) is 7.58. The summed E-state index contributed by atoms with van der Waals surface area (Å²) in [5.41, 5.74) is 1.72. The van der Waals surface area contributed by atoms with Gasteiger partial charge in [0.15, 0.2) is 5.69 Å². The van der Waals surface area contributed by atoms with E-state index in [4.69, 9.17) is 9.26 Å². The number of hydrogen-bond acceptors (Lipinski definition) is 4. The minimum absolute atomic E-state index is 0.130. The SMILES string of the molecule is CC(C)(C)C1CCc2onc(C(=O)NCC3CCCO3)c2C1. The maximum atomic E-state index is 12.4. The third-order valence-corrected chi connectivity index (χ3v) is 4.99. The van der Waals surface area contributed by atoms with Crippen LogP contribution in [-0.2, 0) is 17.6 Å². The molecule has 1 amide bonds. The Morgan fingerprint density at radius 3 is 2.86 bits per heavy atom. The van der Waals surface area contributed by atoms with Crippen LogP contribution in [0.4, 0.5) is 0 Å². The molecule has 0 saturated carbocycles. The molecule has 5 heteroatoms. The van der Waals surface area contributed by atoms with Gasteiger partial charge in [-0.25, -0.2) is 0 Å². The van der Waals surface area contributed by atoms with E-state index in [1.807, 2.05) is 0 Å². The number of carbonyl (C=O) groups is 1. The van der Waals surface area contributed by atoms with Gasteiger partial charge in [0, 0.05) is 25.1 Å². The average Bonchev–Trinajstić information content (AvgIpc) is 3.12. The zero-order valence-electron chi connectivity index (χ0n) is 13.8. The molecule has 22 heavy (non-hydrogen) atoms. The van der Waals surface area contributed by atoms with Crippen LogP contribution in [0.25, 0.3) is 0 Å². The van der Waals surface area contributed by atoms with Crippen LogP contribution in [0.2, 0.25) is 0 Å². The summed E-state index contributed by atoms with van der Waals surface area (Å²) in [7, 11) is 0. The third kappa shape index (κ3) is 3.19. The van der Waals surface area contributed by atoms with Gasteiger partial charge in [-0.1, -0.05) is 25.9 Å².